The Balaban J connectivity index is 1.67. The van der Waals surface area contributed by atoms with Gasteiger partial charge in [-0.2, -0.15) is 0 Å². The summed E-state index contributed by atoms with van der Waals surface area (Å²) in [6, 6.07) is 0.705. The maximum absolute atomic E-state index is 10.2. The van der Waals surface area contributed by atoms with Crippen molar-refractivity contribution >= 4 is 0 Å². The van der Waals surface area contributed by atoms with Gasteiger partial charge in [0, 0.05) is 45.3 Å². The van der Waals surface area contributed by atoms with Crippen LogP contribution in [0.1, 0.15) is 32.1 Å². The monoisotopic (exact) mass is 255 g/mol. The number of likely N-dealkylation sites (N-methyl/N-ethyl adjacent to an activating group) is 1. The zero-order chi connectivity index (χ0) is 12.8. The minimum atomic E-state index is -0.199. The fourth-order valence-corrected chi connectivity index (χ4v) is 3.25. The lowest BCUT2D eigenvalue weighted by molar-refractivity contribution is 0.0578. The summed E-state index contributed by atoms with van der Waals surface area (Å²) in [7, 11) is 2.18. The average Bonchev–Trinajstić information content (AvgIpc) is 2.40. The summed E-state index contributed by atoms with van der Waals surface area (Å²) in [5.74, 6) is 0. The highest BCUT2D eigenvalue weighted by Gasteiger charge is 2.21. The molecule has 0 amide bonds. The van der Waals surface area contributed by atoms with E-state index in [0.29, 0.717) is 6.04 Å². The van der Waals surface area contributed by atoms with Crippen LogP contribution in [0.5, 0.6) is 0 Å². The first-order chi connectivity index (χ1) is 8.75. The Morgan fingerprint density at radius 2 is 1.89 bits per heavy atom. The predicted octanol–water partition coefficient (Wildman–Crippen LogP) is 0.517. The number of piperazine rings is 1. The van der Waals surface area contributed by atoms with Gasteiger partial charge >= 0.3 is 0 Å². The predicted molar refractivity (Wildman–Crippen MR) is 74.8 cm³/mol. The molecule has 18 heavy (non-hydrogen) atoms. The molecule has 1 heterocycles. The molecule has 0 spiro atoms. The van der Waals surface area contributed by atoms with Crippen LogP contribution >= 0.6 is 0 Å². The van der Waals surface area contributed by atoms with Crippen molar-refractivity contribution in [3.8, 4) is 0 Å². The largest absolute Gasteiger partial charge is 0.390 e. The maximum atomic E-state index is 10.2. The van der Waals surface area contributed by atoms with Crippen molar-refractivity contribution < 1.29 is 5.11 Å². The molecule has 0 radical (unpaired) electrons. The van der Waals surface area contributed by atoms with Gasteiger partial charge in [-0.1, -0.05) is 19.3 Å². The molecule has 1 saturated carbocycles. The second-order valence-corrected chi connectivity index (χ2v) is 5.94. The van der Waals surface area contributed by atoms with Crippen molar-refractivity contribution in [1.29, 1.82) is 0 Å². The minimum Gasteiger partial charge on any atom is -0.390 e. The fraction of sp³-hybridized carbons (Fsp3) is 1.00. The van der Waals surface area contributed by atoms with Gasteiger partial charge in [-0.05, 0) is 19.9 Å². The molecule has 2 N–H and O–H groups in total. The van der Waals surface area contributed by atoms with E-state index >= 15 is 0 Å². The van der Waals surface area contributed by atoms with Gasteiger partial charge in [-0.3, -0.25) is 4.90 Å². The van der Waals surface area contributed by atoms with E-state index in [0.717, 1.165) is 39.3 Å². The molecule has 2 fully saturated rings. The number of rotatable bonds is 5. The second-order valence-electron chi connectivity index (χ2n) is 5.94. The maximum Gasteiger partial charge on any atom is 0.0793 e. The van der Waals surface area contributed by atoms with E-state index in [1.807, 2.05) is 0 Å². The Labute approximate surface area is 111 Å². The van der Waals surface area contributed by atoms with E-state index in [2.05, 4.69) is 22.2 Å². The number of aliphatic hydroxyl groups is 1. The smallest absolute Gasteiger partial charge is 0.0793 e. The van der Waals surface area contributed by atoms with Gasteiger partial charge in [0.15, 0.2) is 0 Å². The molecular formula is C14H29N3O. The number of hydrogen-bond donors (Lipinski definition) is 2. The third-order valence-corrected chi connectivity index (χ3v) is 4.38. The Morgan fingerprint density at radius 3 is 2.56 bits per heavy atom. The summed E-state index contributed by atoms with van der Waals surface area (Å²) in [5.41, 5.74) is 0. The van der Waals surface area contributed by atoms with E-state index in [-0.39, 0.29) is 6.10 Å². The minimum absolute atomic E-state index is 0.199. The van der Waals surface area contributed by atoms with Crippen LogP contribution < -0.4 is 5.32 Å². The molecule has 1 saturated heterocycles. The van der Waals surface area contributed by atoms with Crippen LogP contribution in [0.25, 0.3) is 0 Å². The van der Waals surface area contributed by atoms with E-state index in [4.69, 9.17) is 0 Å². The van der Waals surface area contributed by atoms with Crippen LogP contribution in [-0.4, -0.2) is 73.4 Å². The molecule has 1 aliphatic heterocycles. The van der Waals surface area contributed by atoms with Crippen molar-refractivity contribution in [3.63, 3.8) is 0 Å². The van der Waals surface area contributed by atoms with Crippen LogP contribution in [0.4, 0.5) is 0 Å². The quantitative estimate of drug-likeness (QED) is 0.751. The van der Waals surface area contributed by atoms with Gasteiger partial charge in [0.05, 0.1) is 6.10 Å². The van der Waals surface area contributed by atoms with Gasteiger partial charge in [0.25, 0.3) is 0 Å². The number of hydrogen-bond acceptors (Lipinski definition) is 4. The number of nitrogens with one attached hydrogen (secondary N) is 1. The van der Waals surface area contributed by atoms with Crippen molar-refractivity contribution in [3.05, 3.63) is 0 Å². The number of β-amino-alcohol motifs (C(OH)–C–C–N with tert-alkyl or cyclic N) is 1. The summed E-state index contributed by atoms with van der Waals surface area (Å²) < 4.78 is 0. The first kappa shape index (κ1) is 14.3. The summed E-state index contributed by atoms with van der Waals surface area (Å²) in [6.45, 7) is 5.93. The van der Waals surface area contributed by atoms with Crippen LogP contribution in [0.15, 0.2) is 0 Å². The van der Waals surface area contributed by atoms with Gasteiger partial charge in [0.1, 0.15) is 0 Å². The lowest BCUT2D eigenvalue weighted by Gasteiger charge is -2.34. The van der Waals surface area contributed by atoms with E-state index in [1.165, 1.54) is 32.1 Å². The lowest BCUT2D eigenvalue weighted by Crippen LogP contribution is -2.49. The number of aliphatic hydroxyl groups excluding tert-OH is 1. The van der Waals surface area contributed by atoms with E-state index in [1.54, 1.807) is 0 Å². The Kier molecular flexibility index (Phi) is 5.89. The standard InChI is InChI=1S/C14H29N3O/c1-16(13-5-3-2-4-6-13)11-14(18)12-17-9-7-15-8-10-17/h13-15,18H,2-12H2,1H3. The van der Waals surface area contributed by atoms with E-state index < -0.39 is 0 Å². The zero-order valence-corrected chi connectivity index (χ0v) is 11.8. The molecule has 2 rings (SSSR count). The Bertz CT molecular complexity index is 225. The van der Waals surface area contributed by atoms with Gasteiger partial charge in [0.2, 0.25) is 0 Å². The van der Waals surface area contributed by atoms with Crippen molar-refractivity contribution in [2.45, 2.75) is 44.2 Å². The zero-order valence-electron chi connectivity index (χ0n) is 11.8. The molecule has 1 aliphatic carbocycles. The van der Waals surface area contributed by atoms with Crippen LogP contribution in [0.3, 0.4) is 0 Å². The highest BCUT2D eigenvalue weighted by molar-refractivity contribution is 4.77. The molecule has 106 valence electrons. The number of nitrogens with zero attached hydrogens (tertiary/aromatic N) is 2. The lowest BCUT2D eigenvalue weighted by atomic mass is 9.94. The molecule has 2 aliphatic rings. The second kappa shape index (κ2) is 7.43. The first-order valence-electron chi connectivity index (χ1n) is 7.57. The topological polar surface area (TPSA) is 38.7 Å². The van der Waals surface area contributed by atoms with Gasteiger partial charge in [-0.15, -0.1) is 0 Å². The third-order valence-electron chi connectivity index (χ3n) is 4.38. The SMILES string of the molecule is CN(CC(O)CN1CCNCC1)C1CCCCC1. The summed E-state index contributed by atoms with van der Waals surface area (Å²) >= 11 is 0. The molecule has 0 aromatic heterocycles. The molecule has 1 atom stereocenters. The van der Waals surface area contributed by atoms with Crippen molar-refractivity contribution in [2.24, 2.45) is 0 Å². The molecule has 0 bridgehead atoms. The van der Waals surface area contributed by atoms with Crippen molar-refractivity contribution in [2.75, 3.05) is 46.3 Å². The highest BCUT2D eigenvalue weighted by atomic mass is 16.3. The Hall–Kier alpha value is -0.160. The summed E-state index contributed by atoms with van der Waals surface area (Å²) in [6.07, 6.45) is 6.56. The Morgan fingerprint density at radius 1 is 1.22 bits per heavy atom. The van der Waals surface area contributed by atoms with Crippen LogP contribution in [0.2, 0.25) is 0 Å². The fourth-order valence-electron chi connectivity index (χ4n) is 3.25. The summed E-state index contributed by atoms with van der Waals surface area (Å²) in [5, 5.41) is 13.5. The molecular weight excluding hydrogens is 226 g/mol. The average molecular weight is 255 g/mol. The molecule has 4 nitrogen and oxygen atoms in total. The van der Waals surface area contributed by atoms with Gasteiger partial charge in [-0.25, -0.2) is 0 Å². The van der Waals surface area contributed by atoms with Crippen LogP contribution in [-0.2, 0) is 0 Å². The molecule has 1 unspecified atom stereocenters. The molecule has 0 aromatic rings. The van der Waals surface area contributed by atoms with Gasteiger partial charge < -0.3 is 15.3 Å². The molecule has 0 aromatic carbocycles. The molecule has 4 heteroatoms. The normalized spacial score (nSPS) is 25.5. The highest BCUT2D eigenvalue weighted by Crippen LogP contribution is 2.21. The third kappa shape index (κ3) is 4.50. The van der Waals surface area contributed by atoms with Crippen molar-refractivity contribution in [1.82, 2.24) is 15.1 Å². The van der Waals surface area contributed by atoms with E-state index in [9.17, 15) is 5.11 Å². The first-order valence-corrected chi connectivity index (χ1v) is 7.57. The summed E-state index contributed by atoms with van der Waals surface area (Å²) in [4.78, 5) is 4.75. The van der Waals surface area contributed by atoms with Crippen LogP contribution in [0, 0.1) is 0 Å².